The van der Waals surface area contributed by atoms with Gasteiger partial charge in [0.05, 0.1) is 6.10 Å². The topological polar surface area (TPSA) is 24.5 Å². The molecular formula is C17H32N2O. The van der Waals surface area contributed by atoms with Crippen LogP contribution in [0.3, 0.4) is 0 Å². The van der Waals surface area contributed by atoms with Crippen LogP contribution >= 0.6 is 0 Å². The summed E-state index contributed by atoms with van der Waals surface area (Å²) in [6, 6.07) is 1.46. The normalized spacial score (nSPS) is 37.0. The van der Waals surface area contributed by atoms with Gasteiger partial charge in [-0.3, -0.25) is 4.90 Å². The van der Waals surface area contributed by atoms with Crippen LogP contribution in [-0.4, -0.2) is 48.3 Å². The van der Waals surface area contributed by atoms with Crippen LogP contribution in [0.4, 0.5) is 0 Å². The van der Waals surface area contributed by atoms with Crippen molar-refractivity contribution in [2.45, 2.75) is 83.0 Å². The highest BCUT2D eigenvalue weighted by atomic mass is 16.5. The zero-order chi connectivity index (χ0) is 14.2. The van der Waals surface area contributed by atoms with Crippen molar-refractivity contribution in [3.8, 4) is 0 Å². The Kier molecular flexibility index (Phi) is 4.40. The highest BCUT2D eigenvalue weighted by Gasteiger charge is 2.38. The molecule has 1 N–H and O–H groups in total. The molecule has 2 heterocycles. The van der Waals surface area contributed by atoms with Crippen molar-refractivity contribution in [3.05, 3.63) is 0 Å². The fourth-order valence-electron chi connectivity index (χ4n) is 4.40. The van der Waals surface area contributed by atoms with Gasteiger partial charge in [-0.2, -0.15) is 0 Å². The fraction of sp³-hybridized carbons (Fsp3) is 1.00. The van der Waals surface area contributed by atoms with Crippen LogP contribution in [0.15, 0.2) is 0 Å². The van der Waals surface area contributed by atoms with E-state index < -0.39 is 0 Å². The second-order valence-electron chi connectivity index (χ2n) is 8.00. The third kappa shape index (κ3) is 3.20. The van der Waals surface area contributed by atoms with Crippen molar-refractivity contribution in [1.82, 2.24) is 10.2 Å². The first-order valence-corrected chi connectivity index (χ1v) is 8.67. The number of nitrogens with one attached hydrogen (secondary N) is 1. The van der Waals surface area contributed by atoms with Gasteiger partial charge in [0.2, 0.25) is 0 Å². The predicted molar refractivity (Wildman–Crippen MR) is 83.0 cm³/mol. The highest BCUT2D eigenvalue weighted by molar-refractivity contribution is 4.93. The molecule has 3 fully saturated rings. The van der Waals surface area contributed by atoms with Gasteiger partial charge in [0, 0.05) is 43.2 Å². The second kappa shape index (κ2) is 5.94. The van der Waals surface area contributed by atoms with E-state index in [4.69, 9.17) is 4.74 Å². The number of hydrogen-bond acceptors (Lipinski definition) is 3. The number of likely N-dealkylation sites (tertiary alicyclic amines) is 1. The Morgan fingerprint density at radius 2 is 1.75 bits per heavy atom. The molecule has 0 aromatic heterocycles. The summed E-state index contributed by atoms with van der Waals surface area (Å²) in [6.45, 7) is 10.5. The molecule has 0 aromatic rings. The highest BCUT2D eigenvalue weighted by Crippen LogP contribution is 2.35. The van der Waals surface area contributed by atoms with E-state index >= 15 is 0 Å². The summed E-state index contributed by atoms with van der Waals surface area (Å²) in [7, 11) is 0. The largest absolute Gasteiger partial charge is 0.378 e. The van der Waals surface area contributed by atoms with Gasteiger partial charge < -0.3 is 10.1 Å². The van der Waals surface area contributed by atoms with E-state index in [9.17, 15) is 0 Å². The number of rotatable bonds is 2. The first kappa shape index (κ1) is 14.8. The van der Waals surface area contributed by atoms with Crippen molar-refractivity contribution in [1.29, 1.82) is 0 Å². The standard InChI is InChI=1S/C17H32N2O/c1-17(2,3)19-10-7-13(8-11-19)18-15-5-4-6-16-14(15)9-12-20-16/h13-16,18H,4-12H2,1-3H3/t14-,15-,16-/m1/s1. The Morgan fingerprint density at radius 3 is 2.45 bits per heavy atom. The van der Waals surface area contributed by atoms with Gasteiger partial charge >= 0.3 is 0 Å². The Balaban J connectivity index is 1.49. The average molecular weight is 280 g/mol. The van der Waals surface area contributed by atoms with Gasteiger partial charge in [0.25, 0.3) is 0 Å². The number of ether oxygens (including phenoxy) is 1. The average Bonchev–Trinajstić information content (AvgIpc) is 2.88. The Bertz CT molecular complexity index is 317. The molecule has 20 heavy (non-hydrogen) atoms. The molecule has 0 amide bonds. The van der Waals surface area contributed by atoms with Crippen molar-refractivity contribution in [2.75, 3.05) is 19.7 Å². The van der Waals surface area contributed by atoms with Gasteiger partial charge in [0.15, 0.2) is 0 Å². The zero-order valence-electron chi connectivity index (χ0n) is 13.5. The molecule has 3 heteroatoms. The molecule has 0 aromatic carbocycles. The number of piperidine rings is 1. The molecule has 0 radical (unpaired) electrons. The van der Waals surface area contributed by atoms with Crippen LogP contribution in [0, 0.1) is 5.92 Å². The predicted octanol–water partition coefficient (Wildman–Crippen LogP) is 2.80. The van der Waals surface area contributed by atoms with Gasteiger partial charge in [-0.1, -0.05) is 0 Å². The van der Waals surface area contributed by atoms with Crippen LogP contribution in [0.2, 0.25) is 0 Å². The van der Waals surface area contributed by atoms with E-state index in [1.165, 1.54) is 51.6 Å². The number of nitrogens with zero attached hydrogens (tertiary/aromatic N) is 1. The Labute approximate surface area is 124 Å². The van der Waals surface area contributed by atoms with E-state index in [1.807, 2.05) is 0 Å². The smallest absolute Gasteiger partial charge is 0.0619 e. The maximum absolute atomic E-state index is 5.89. The van der Waals surface area contributed by atoms with Crippen molar-refractivity contribution < 1.29 is 4.74 Å². The van der Waals surface area contributed by atoms with E-state index in [-0.39, 0.29) is 0 Å². The summed E-state index contributed by atoms with van der Waals surface area (Å²) >= 11 is 0. The lowest BCUT2D eigenvalue weighted by Gasteiger charge is -2.43. The molecule has 2 saturated heterocycles. The SMILES string of the molecule is CC(C)(C)N1CCC(N[C@@H]2CCC[C@H]3OCC[C@H]23)CC1. The molecule has 0 bridgehead atoms. The molecule has 2 aliphatic heterocycles. The lowest BCUT2D eigenvalue weighted by atomic mass is 9.81. The molecule has 0 unspecified atom stereocenters. The monoisotopic (exact) mass is 280 g/mol. The third-order valence-corrected chi connectivity index (χ3v) is 5.67. The third-order valence-electron chi connectivity index (χ3n) is 5.67. The first-order chi connectivity index (χ1) is 9.54. The summed E-state index contributed by atoms with van der Waals surface area (Å²) < 4.78 is 5.89. The molecule has 1 aliphatic carbocycles. The minimum atomic E-state index is 0.334. The molecular weight excluding hydrogens is 248 g/mol. The van der Waals surface area contributed by atoms with Crippen molar-refractivity contribution in [3.63, 3.8) is 0 Å². The van der Waals surface area contributed by atoms with Crippen LogP contribution in [-0.2, 0) is 4.74 Å². The molecule has 0 spiro atoms. The van der Waals surface area contributed by atoms with E-state index in [2.05, 4.69) is 31.0 Å². The Morgan fingerprint density at radius 1 is 1.00 bits per heavy atom. The van der Waals surface area contributed by atoms with Gasteiger partial charge in [0.1, 0.15) is 0 Å². The summed E-state index contributed by atoms with van der Waals surface area (Å²) in [4.78, 5) is 2.63. The molecule has 3 rings (SSSR count). The number of hydrogen-bond donors (Lipinski definition) is 1. The maximum Gasteiger partial charge on any atom is 0.0619 e. The molecule has 3 atom stereocenters. The lowest BCUT2D eigenvalue weighted by Crippen LogP contribution is -2.53. The fourth-order valence-corrected chi connectivity index (χ4v) is 4.40. The second-order valence-corrected chi connectivity index (χ2v) is 8.00. The number of fused-ring (bicyclic) bond motifs is 1. The van der Waals surface area contributed by atoms with Gasteiger partial charge in [-0.05, 0) is 59.3 Å². The van der Waals surface area contributed by atoms with Gasteiger partial charge in [-0.15, -0.1) is 0 Å². The summed E-state index contributed by atoms with van der Waals surface area (Å²) in [5, 5.41) is 3.99. The van der Waals surface area contributed by atoms with Crippen molar-refractivity contribution in [2.24, 2.45) is 5.92 Å². The minimum absolute atomic E-state index is 0.334. The van der Waals surface area contributed by atoms with Crippen LogP contribution in [0.1, 0.15) is 59.3 Å². The molecule has 3 aliphatic rings. The van der Waals surface area contributed by atoms with Crippen LogP contribution in [0.25, 0.3) is 0 Å². The van der Waals surface area contributed by atoms with Crippen LogP contribution in [0.5, 0.6) is 0 Å². The van der Waals surface area contributed by atoms with Gasteiger partial charge in [-0.25, -0.2) is 0 Å². The summed E-state index contributed by atoms with van der Waals surface area (Å²) in [5.74, 6) is 0.796. The first-order valence-electron chi connectivity index (χ1n) is 8.67. The quantitative estimate of drug-likeness (QED) is 0.842. The molecule has 116 valence electrons. The lowest BCUT2D eigenvalue weighted by molar-refractivity contribution is 0.0447. The summed E-state index contributed by atoms with van der Waals surface area (Å²) in [6.07, 6.45) is 8.48. The van der Waals surface area contributed by atoms with E-state index in [0.29, 0.717) is 11.6 Å². The van der Waals surface area contributed by atoms with Crippen LogP contribution < -0.4 is 5.32 Å². The van der Waals surface area contributed by atoms with E-state index in [1.54, 1.807) is 0 Å². The maximum atomic E-state index is 5.89. The zero-order valence-corrected chi connectivity index (χ0v) is 13.5. The minimum Gasteiger partial charge on any atom is -0.378 e. The van der Waals surface area contributed by atoms with Crippen molar-refractivity contribution >= 4 is 0 Å². The summed E-state index contributed by atoms with van der Waals surface area (Å²) in [5.41, 5.74) is 0.334. The van der Waals surface area contributed by atoms with E-state index in [0.717, 1.165) is 24.6 Å². The molecule has 1 saturated carbocycles. The molecule has 3 nitrogen and oxygen atoms in total. The Hall–Kier alpha value is -0.120.